The van der Waals surface area contributed by atoms with Crippen molar-refractivity contribution in [2.24, 2.45) is 0 Å². The quantitative estimate of drug-likeness (QED) is 0.875. The van der Waals surface area contributed by atoms with Gasteiger partial charge in [0.2, 0.25) is 0 Å². The monoisotopic (exact) mass is 256 g/mol. The summed E-state index contributed by atoms with van der Waals surface area (Å²) < 4.78 is 0. The van der Waals surface area contributed by atoms with E-state index >= 15 is 0 Å². The van der Waals surface area contributed by atoms with E-state index in [1.165, 1.54) is 6.20 Å². The predicted molar refractivity (Wildman–Crippen MR) is 72.6 cm³/mol. The molecule has 1 atom stereocenters. The van der Waals surface area contributed by atoms with Crippen LogP contribution in [0, 0.1) is 0 Å². The number of aromatic nitrogens is 1. The third-order valence-corrected chi connectivity index (χ3v) is 3.04. The van der Waals surface area contributed by atoms with Gasteiger partial charge in [-0.3, -0.25) is 9.78 Å². The lowest BCUT2D eigenvalue weighted by atomic mass is 9.92. The number of aliphatic hydroxyl groups is 1. The lowest BCUT2D eigenvalue weighted by Gasteiger charge is -2.29. The van der Waals surface area contributed by atoms with Gasteiger partial charge in [0.25, 0.3) is 5.91 Å². The van der Waals surface area contributed by atoms with Crippen LogP contribution in [0.15, 0.2) is 54.9 Å². The Morgan fingerprint density at radius 1 is 1.26 bits per heavy atom. The fraction of sp³-hybridized carbons (Fsp3) is 0.200. The Balaban J connectivity index is 2.22. The van der Waals surface area contributed by atoms with Crippen molar-refractivity contribution in [3.05, 3.63) is 66.0 Å². The summed E-state index contributed by atoms with van der Waals surface area (Å²) >= 11 is 0. The number of pyridine rings is 1. The number of benzene rings is 1. The van der Waals surface area contributed by atoms with E-state index in [4.69, 9.17) is 0 Å². The first-order valence-electron chi connectivity index (χ1n) is 6.05. The van der Waals surface area contributed by atoms with Crippen LogP contribution in [0.3, 0.4) is 0 Å². The zero-order valence-corrected chi connectivity index (χ0v) is 10.7. The molecule has 0 saturated heterocycles. The third kappa shape index (κ3) is 2.98. The zero-order valence-electron chi connectivity index (χ0n) is 10.7. The molecule has 1 amide bonds. The summed E-state index contributed by atoms with van der Waals surface area (Å²) in [4.78, 5) is 16.0. The van der Waals surface area contributed by atoms with Crippen molar-refractivity contribution in [2.75, 3.05) is 6.61 Å². The van der Waals surface area contributed by atoms with Gasteiger partial charge >= 0.3 is 0 Å². The SMILES string of the molecule is CC(CO)(NC(=O)c1cccnc1)c1ccccc1. The highest BCUT2D eigenvalue weighted by molar-refractivity contribution is 5.94. The Labute approximate surface area is 112 Å². The number of nitrogens with one attached hydrogen (secondary N) is 1. The topological polar surface area (TPSA) is 62.2 Å². The van der Waals surface area contributed by atoms with E-state index in [0.717, 1.165) is 5.56 Å². The van der Waals surface area contributed by atoms with E-state index < -0.39 is 5.54 Å². The van der Waals surface area contributed by atoms with Crippen molar-refractivity contribution >= 4 is 5.91 Å². The van der Waals surface area contributed by atoms with Crippen molar-refractivity contribution < 1.29 is 9.90 Å². The largest absolute Gasteiger partial charge is 0.394 e. The lowest BCUT2D eigenvalue weighted by Crippen LogP contribution is -2.46. The normalized spacial score (nSPS) is 13.6. The van der Waals surface area contributed by atoms with E-state index in [9.17, 15) is 9.90 Å². The second kappa shape index (κ2) is 5.63. The average molecular weight is 256 g/mol. The van der Waals surface area contributed by atoms with Gasteiger partial charge in [0, 0.05) is 12.4 Å². The summed E-state index contributed by atoms with van der Waals surface area (Å²) in [5, 5.41) is 12.5. The fourth-order valence-electron chi connectivity index (χ4n) is 1.83. The molecule has 0 fully saturated rings. The number of carbonyl (C=O) groups excluding carboxylic acids is 1. The van der Waals surface area contributed by atoms with Crippen LogP contribution >= 0.6 is 0 Å². The summed E-state index contributed by atoms with van der Waals surface area (Å²) in [5.74, 6) is -0.256. The summed E-state index contributed by atoms with van der Waals surface area (Å²) in [6.45, 7) is 1.61. The van der Waals surface area contributed by atoms with Gasteiger partial charge in [-0.15, -0.1) is 0 Å². The number of nitrogens with zero attached hydrogens (tertiary/aromatic N) is 1. The summed E-state index contributed by atoms with van der Waals surface area (Å²) in [6.07, 6.45) is 3.11. The molecular formula is C15H16N2O2. The fourth-order valence-corrected chi connectivity index (χ4v) is 1.83. The van der Waals surface area contributed by atoms with Crippen LogP contribution in [0.4, 0.5) is 0 Å². The third-order valence-electron chi connectivity index (χ3n) is 3.04. The van der Waals surface area contributed by atoms with Crippen LogP contribution in [-0.2, 0) is 5.54 Å². The molecule has 19 heavy (non-hydrogen) atoms. The van der Waals surface area contributed by atoms with Crippen molar-refractivity contribution in [1.29, 1.82) is 0 Å². The molecule has 2 aromatic rings. The maximum Gasteiger partial charge on any atom is 0.253 e. The van der Waals surface area contributed by atoms with E-state index in [1.54, 1.807) is 25.3 Å². The second-order valence-electron chi connectivity index (χ2n) is 4.55. The average Bonchev–Trinajstić information content (AvgIpc) is 2.49. The first-order valence-corrected chi connectivity index (χ1v) is 6.05. The van der Waals surface area contributed by atoms with Gasteiger partial charge in [0.15, 0.2) is 0 Å². The van der Waals surface area contributed by atoms with Crippen LogP contribution in [0.1, 0.15) is 22.8 Å². The Hall–Kier alpha value is -2.20. The molecule has 0 radical (unpaired) electrons. The minimum atomic E-state index is -0.811. The Morgan fingerprint density at radius 3 is 2.58 bits per heavy atom. The maximum absolute atomic E-state index is 12.1. The number of carbonyl (C=O) groups is 1. The standard InChI is InChI=1S/C15H16N2O2/c1-15(11-18,13-7-3-2-4-8-13)17-14(19)12-6-5-9-16-10-12/h2-10,18H,11H2,1H3,(H,17,19). The molecule has 98 valence electrons. The molecule has 1 aromatic carbocycles. The van der Waals surface area contributed by atoms with Crippen LogP contribution < -0.4 is 5.32 Å². The van der Waals surface area contributed by atoms with Gasteiger partial charge in [0.1, 0.15) is 0 Å². The van der Waals surface area contributed by atoms with Gasteiger partial charge in [-0.1, -0.05) is 30.3 Å². The number of rotatable bonds is 4. The van der Waals surface area contributed by atoms with Crippen LogP contribution in [-0.4, -0.2) is 22.6 Å². The molecule has 0 spiro atoms. The number of aliphatic hydroxyl groups excluding tert-OH is 1. The van der Waals surface area contributed by atoms with E-state index in [1.807, 2.05) is 30.3 Å². The molecule has 0 saturated carbocycles. The summed E-state index contributed by atoms with van der Waals surface area (Å²) in [6, 6.07) is 12.8. The van der Waals surface area contributed by atoms with Crippen molar-refractivity contribution in [3.8, 4) is 0 Å². The van der Waals surface area contributed by atoms with Crippen LogP contribution in [0.5, 0.6) is 0 Å². The molecule has 1 unspecified atom stereocenters. The van der Waals surface area contributed by atoms with E-state index in [-0.39, 0.29) is 12.5 Å². The minimum absolute atomic E-state index is 0.178. The highest BCUT2D eigenvalue weighted by Gasteiger charge is 2.28. The minimum Gasteiger partial charge on any atom is -0.394 e. The summed E-state index contributed by atoms with van der Waals surface area (Å²) in [7, 11) is 0. The van der Waals surface area contributed by atoms with Crippen molar-refractivity contribution in [1.82, 2.24) is 10.3 Å². The molecule has 1 heterocycles. The molecular weight excluding hydrogens is 240 g/mol. The Kier molecular flexibility index (Phi) is 3.92. The number of hydrogen-bond acceptors (Lipinski definition) is 3. The molecule has 0 aliphatic carbocycles. The molecule has 2 rings (SSSR count). The van der Waals surface area contributed by atoms with Gasteiger partial charge < -0.3 is 10.4 Å². The van der Waals surface area contributed by atoms with E-state index in [2.05, 4.69) is 10.3 Å². The molecule has 0 bridgehead atoms. The predicted octanol–water partition coefficient (Wildman–Crippen LogP) is 1.72. The highest BCUT2D eigenvalue weighted by atomic mass is 16.3. The van der Waals surface area contributed by atoms with E-state index in [0.29, 0.717) is 5.56 Å². The van der Waals surface area contributed by atoms with Gasteiger partial charge in [0.05, 0.1) is 17.7 Å². The number of amides is 1. The first kappa shape index (κ1) is 13.2. The molecule has 4 nitrogen and oxygen atoms in total. The number of hydrogen-bond donors (Lipinski definition) is 2. The molecule has 4 heteroatoms. The molecule has 2 N–H and O–H groups in total. The summed E-state index contributed by atoms with van der Waals surface area (Å²) in [5.41, 5.74) is 0.515. The van der Waals surface area contributed by atoms with Crippen molar-refractivity contribution in [3.63, 3.8) is 0 Å². The second-order valence-corrected chi connectivity index (χ2v) is 4.55. The smallest absolute Gasteiger partial charge is 0.253 e. The first-order chi connectivity index (χ1) is 9.15. The Morgan fingerprint density at radius 2 is 2.00 bits per heavy atom. The van der Waals surface area contributed by atoms with Crippen LogP contribution in [0.2, 0.25) is 0 Å². The van der Waals surface area contributed by atoms with Crippen LogP contribution in [0.25, 0.3) is 0 Å². The zero-order chi connectivity index (χ0) is 13.7. The van der Waals surface area contributed by atoms with Gasteiger partial charge in [-0.05, 0) is 24.6 Å². The Bertz CT molecular complexity index is 543. The lowest BCUT2D eigenvalue weighted by molar-refractivity contribution is 0.0849. The maximum atomic E-state index is 12.1. The van der Waals surface area contributed by atoms with Gasteiger partial charge in [-0.25, -0.2) is 0 Å². The van der Waals surface area contributed by atoms with Crippen molar-refractivity contribution in [2.45, 2.75) is 12.5 Å². The molecule has 1 aromatic heterocycles. The molecule has 0 aliphatic rings. The highest BCUT2D eigenvalue weighted by Crippen LogP contribution is 2.20. The molecule has 0 aliphatic heterocycles. The van der Waals surface area contributed by atoms with Gasteiger partial charge in [-0.2, -0.15) is 0 Å².